The third-order valence-electron chi connectivity index (χ3n) is 3.22. The Kier molecular flexibility index (Phi) is 5.80. The van der Waals surface area contributed by atoms with Crippen molar-refractivity contribution >= 4 is 33.2 Å². The highest BCUT2D eigenvalue weighted by molar-refractivity contribution is 7.89. The zero-order chi connectivity index (χ0) is 17.0. The Bertz CT molecular complexity index is 721. The third kappa shape index (κ3) is 4.54. The first-order valence-electron chi connectivity index (χ1n) is 7.14. The maximum atomic E-state index is 12.6. The van der Waals surface area contributed by atoms with Gasteiger partial charge in [-0.3, -0.25) is 4.79 Å². The van der Waals surface area contributed by atoms with Crippen LogP contribution in [-0.4, -0.2) is 44.9 Å². The van der Waals surface area contributed by atoms with E-state index in [9.17, 15) is 13.2 Å². The molecule has 1 fully saturated rings. The number of rotatable bonds is 4. The minimum atomic E-state index is -3.63. The Hall–Kier alpha value is -1.41. The Morgan fingerprint density at radius 3 is 2.57 bits per heavy atom. The van der Waals surface area contributed by atoms with Crippen LogP contribution in [0, 0.1) is 0 Å². The molecule has 1 aromatic carbocycles. The van der Waals surface area contributed by atoms with E-state index in [0.29, 0.717) is 26.3 Å². The molecule has 1 heterocycles. The summed E-state index contributed by atoms with van der Waals surface area (Å²) in [4.78, 5) is 11.9. The number of sulfonamides is 1. The first-order valence-corrected chi connectivity index (χ1v) is 8.96. The fraction of sp³-hybridized carbons (Fsp3) is 0.400. The van der Waals surface area contributed by atoms with Crippen LogP contribution in [0.3, 0.4) is 0 Å². The number of nitrogens with zero attached hydrogens (tertiary/aromatic N) is 1. The molecule has 0 atom stereocenters. The van der Waals surface area contributed by atoms with Gasteiger partial charge in [0.1, 0.15) is 0 Å². The zero-order valence-corrected chi connectivity index (χ0v) is 14.6. The average molecular weight is 359 g/mol. The molecular weight excluding hydrogens is 340 g/mol. The lowest BCUT2D eigenvalue weighted by molar-refractivity contribution is -0.111. The SMILES string of the molecule is CC(C)=CC(=O)Nc1cc(S(=O)(=O)N2CCOCC2)ccc1Cl. The van der Waals surface area contributed by atoms with Crippen molar-refractivity contribution in [1.82, 2.24) is 4.31 Å². The number of morpholine rings is 1. The van der Waals surface area contributed by atoms with Crippen molar-refractivity contribution in [3.05, 3.63) is 34.9 Å². The summed E-state index contributed by atoms with van der Waals surface area (Å²) >= 11 is 6.05. The van der Waals surface area contributed by atoms with Crippen LogP contribution in [0.1, 0.15) is 13.8 Å². The van der Waals surface area contributed by atoms with E-state index in [2.05, 4.69) is 5.32 Å². The average Bonchev–Trinajstić information content (AvgIpc) is 2.49. The van der Waals surface area contributed by atoms with E-state index in [1.54, 1.807) is 13.8 Å². The van der Waals surface area contributed by atoms with E-state index in [1.807, 2.05) is 0 Å². The third-order valence-corrected chi connectivity index (χ3v) is 5.45. The molecule has 0 saturated carbocycles. The second-order valence-corrected chi connectivity index (χ2v) is 7.71. The van der Waals surface area contributed by atoms with Crippen LogP contribution in [0.2, 0.25) is 5.02 Å². The lowest BCUT2D eigenvalue weighted by Gasteiger charge is -2.26. The van der Waals surface area contributed by atoms with Crippen LogP contribution >= 0.6 is 11.6 Å². The van der Waals surface area contributed by atoms with Crippen molar-refractivity contribution in [1.29, 1.82) is 0 Å². The van der Waals surface area contributed by atoms with Crippen LogP contribution in [0.4, 0.5) is 5.69 Å². The fourth-order valence-corrected chi connectivity index (χ4v) is 3.73. The Morgan fingerprint density at radius 2 is 1.96 bits per heavy atom. The van der Waals surface area contributed by atoms with Crippen LogP contribution in [0.15, 0.2) is 34.7 Å². The second kappa shape index (κ2) is 7.44. The van der Waals surface area contributed by atoms with Gasteiger partial charge in [0.05, 0.1) is 28.8 Å². The topological polar surface area (TPSA) is 75.7 Å². The quantitative estimate of drug-likeness (QED) is 0.838. The summed E-state index contributed by atoms with van der Waals surface area (Å²) in [6.45, 7) is 4.95. The minimum Gasteiger partial charge on any atom is -0.379 e. The molecule has 1 aliphatic rings. The summed E-state index contributed by atoms with van der Waals surface area (Å²) in [5.74, 6) is -0.354. The van der Waals surface area contributed by atoms with Gasteiger partial charge in [-0.15, -0.1) is 0 Å². The van der Waals surface area contributed by atoms with E-state index in [0.717, 1.165) is 5.57 Å². The van der Waals surface area contributed by atoms with Crippen molar-refractivity contribution in [3.63, 3.8) is 0 Å². The van der Waals surface area contributed by atoms with Gasteiger partial charge in [0, 0.05) is 19.2 Å². The molecule has 1 N–H and O–H groups in total. The molecular formula is C15H19ClN2O4S. The normalized spacial score (nSPS) is 16.0. The molecule has 1 amide bonds. The van der Waals surface area contributed by atoms with Gasteiger partial charge in [0.15, 0.2) is 0 Å². The highest BCUT2D eigenvalue weighted by Crippen LogP contribution is 2.27. The summed E-state index contributed by atoms with van der Waals surface area (Å²) in [5.41, 5.74) is 1.10. The molecule has 0 aliphatic carbocycles. The Labute approximate surface area is 141 Å². The number of anilines is 1. The smallest absolute Gasteiger partial charge is 0.248 e. The number of carbonyl (C=O) groups is 1. The number of carbonyl (C=O) groups excluding carboxylic acids is 1. The zero-order valence-electron chi connectivity index (χ0n) is 13.0. The molecule has 0 spiro atoms. The highest BCUT2D eigenvalue weighted by Gasteiger charge is 2.27. The van der Waals surface area contributed by atoms with Crippen LogP contribution in [-0.2, 0) is 19.6 Å². The van der Waals surface area contributed by atoms with Crippen LogP contribution < -0.4 is 5.32 Å². The maximum absolute atomic E-state index is 12.6. The maximum Gasteiger partial charge on any atom is 0.248 e. The van der Waals surface area contributed by atoms with Gasteiger partial charge < -0.3 is 10.1 Å². The van der Waals surface area contributed by atoms with Crippen LogP contribution in [0.5, 0.6) is 0 Å². The van der Waals surface area contributed by atoms with E-state index in [1.165, 1.54) is 28.6 Å². The molecule has 0 radical (unpaired) electrons. The van der Waals surface area contributed by atoms with E-state index in [4.69, 9.17) is 16.3 Å². The standard InChI is InChI=1S/C15H19ClN2O4S/c1-11(2)9-15(19)17-14-10-12(3-4-13(14)16)23(20,21)18-5-7-22-8-6-18/h3-4,9-10H,5-8H2,1-2H3,(H,17,19). The van der Waals surface area contributed by atoms with E-state index < -0.39 is 10.0 Å². The number of hydrogen-bond donors (Lipinski definition) is 1. The molecule has 23 heavy (non-hydrogen) atoms. The van der Waals surface area contributed by atoms with Gasteiger partial charge in [-0.2, -0.15) is 4.31 Å². The van der Waals surface area contributed by atoms with Gasteiger partial charge in [0.2, 0.25) is 15.9 Å². The molecule has 8 heteroatoms. The lowest BCUT2D eigenvalue weighted by atomic mass is 10.3. The lowest BCUT2D eigenvalue weighted by Crippen LogP contribution is -2.40. The van der Waals surface area contributed by atoms with Crippen molar-refractivity contribution in [2.24, 2.45) is 0 Å². The van der Waals surface area contributed by atoms with E-state index in [-0.39, 0.29) is 21.5 Å². The number of allylic oxidation sites excluding steroid dienone is 1. The van der Waals surface area contributed by atoms with Crippen molar-refractivity contribution in [2.45, 2.75) is 18.7 Å². The summed E-state index contributed by atoms with van der Waals surface area (Å²) in [5, 5.41) is 2.88. The second-order valence-electron chi connectivity index (χ2n) is 5.37. The Balaban J connectivity index is 2.29. The van der Waals surface area contributed by atoms with Gasteiger partial charge in [-0.1, -0.05) is 17.2 Å². The summed E-state index contributed by atoms with van der Waals surface area (Å²) < 4.78 is 31.8. The number of ether oxygens (including phenoxy) is 1. The number of halogens is 1. The Morgan fingerprint density at radius 1 is 1.30 bits per heavy atom. The summed E-state index contributed by atoms with van der Waals surface area (Å²) in [6.07, 6.45) is 1.42. The highest BCUT2D eigenvalue weighted by atomic mass is 35.5. The van der Waals surface area contributed by atoms with Gasteiger partial charge in [0.25, 0.3) is 0 Å². The van der Waals surface area contributed by atoms with Crippen molar-refractivity contribution in [2.75, 3.05) is 31.6 Å². The number of amides is 1. The summed E-state index contributed by atoms with van der Waals surface area (Å²) in [6, 6.07) is 4.28. The number of hydrogen-bond acceptors (Lipinski definition) is 4. The van der Waals surface area contributed by atoms with Gasteiger partial charge in [-0.25, -0.2) is 8.42 Å². The van der Waals surface area contributed by atoms with E-state index >= 15 is 0 Å². The largest absolute Gasteiger partial charge is 0.379 e. The first-order chi connectivity index (χ1) is 10.8. The van der Waals surface area contributed by atoms with Gasteiger partial charge in [-0.05, 0) is 32.0 Å². The number of nitrogens with one attached hydrogen (secondary N) is 1. The molecule has 1 saturated heterocycles. The molecule has 2 rings (SSSR count). The molecule has 0 unspecified atom stereocenters. The molecule has 6 nitrogen and oxygen atoms in total. The van der Waals surface area contributed by atoms with Gasteiger partial charge >= 0.3 is 0 Å². The molecule has 1 aliphatic heterocycles. The summed E-state index contributed by atoms with van der Waals surface area (Å²) in [7, 11) is -3.63. The molecule has 1 aromatic rings. The monoisotopic (exact) mass is 358 g/mol. The van der Waals surface area contributed by atoms with Crippen molar-refractivity contribution < 1.29 is 17.9 Å². The minimum absolute atomic E-state index is 0.0938. The molecule has 126 valence electrons. The predicted octanol–water partition coefficient (Wildman–Crippen LogP) is 2.27. The van der Waals surface area contributed by atoms with Crippen LogP contribution in [0.25, 0.3) is 0 Å². The molecule has 0 bridgehead atoms. The first kappa shape index (κ1) is 17.9. The predicted molar refractivity (Wildman–Crippen MR) is 89.1 cm³/mol. The van der Waals surface area contributed by atoms with Crippen molar-refractivity contribution in [3.8, 4) is 0 Å². The number of benzene rings is 1. The fourth-order valence-electron chi connectivity index (χ4n) is 2.13. The molecule has 0 aromatic heterocycles.